The second-order valence-corrected chi connectivity index (χ2v) is 11.9. The fourth-order valence-electron chi connectivity index (χ4n) is 4.88. The molecule has 3 aromatic carbocycles. The zero-order valence-corrected chi connectivity index (χ0v) is 26.4. The van der Waals surface area contributed by atoms with Gasteiger partial charge in [0.05, 0.1) is 24.2 Å². The van der Waals surface area contributed by atoms with Crippen LogP contribution in [0, 0.1) is 5.82 Å². The molecule has 0 radical (unpaired) electrons. The first kappa shape index (κ1) is 30.2. The van der Waals surface area contributed by atoms with Crippen molar-refractivity contribution >= 4 is 72.2 Å². The molecule has 0 aliphatic heterocycles. The van der Waals surface area contributed by atoms with E-state index >= 15 is 0 Å². The summed E-state index contributed by atoms with van der Waals surface area (Å²) in [5.41, 5.74) is 1.32. The Morgan fingerprint density at radius 1 is 1.17 bits per heavy atom. The van der Waals surface area contributed by atoms with E-state index in [4.69, 9.17) is 26.1 Å². The molecule has 1 saturated carbocycles. The van der Waals surface area contributed by atoms with Gasteiger partial charge in [-0.1, -0.05) is 46.8 Å². The molecule has 1 heterocycles. The summed E-state index contributed by atoms with van der Waals surface area (Å²) in [4.78, 5) is 30.9. The van der Waals surface area contributed by atoms with Crippen molar-refractivity contribution in [2.75, 3.05) is 19.0 Å². The van der Waals surface area contributed by atoms with Crippen LogP contribution >= 0.6 is 43.5 Å². The van der Waals surface area contributed by atoms with Crippen molar-refractivity contribution in [3.8, 4) is 11.5 Å². The number of amides is 1. The van der Waals surface area contributed by atoms with Crippen LogP contribution in [0.5, 0.6) is 11.5 Å². The Bertz CT molecular complexity index is 1720. The number of fused-ring (bicyclic) bond motifs is 1. The Hall–Kier alpha value is -3.28. The van der Waals surface area contributed by atoms with Crippen molar-refractivity contribution in [1.82, 2.24) is 9.66 Å². The van der Waals surface area contributed by atoms with Crippen molar-refractivity contribution in [3.63, 3.8) is 0 Å². The zero-order valence-electron chi connectivity index (χ0n) is 22.5. The number of carbonyl (C=O) groups is 1. The van der Waals surface area contributed by atoms with Crippen molar-refractivity contribution < 1.29 is 18.7 Å². The molecule has 0 spiro atoms. The van der Waals surface area contributed by atoms with Crippen molar-refractivity contribution in [2.45, 2.75) is 38.0 Å². The highest BCUT2D eigenvalue weighted by atomic mass is 79.9. The summed E-state index contributed by atoms with van der Waals surface area (Å²) in [5, 5.41) is 7.83. The predicted octanol–water partition coefficient (Wildman–Crippen LogP) is 7.67. The molecule has 0 saturated heterocycles. The summed E-state index contributed by atoms with van der Waals surface area (Å²) in [7, 11) is 1.45. The highest BCUT2D eigenvalue weighted by Gasteiger charge is 2.23. The number of aromatic nitrogens is 2. The standard InChI is InChI=1S/C30H26Br2ClFN4O4/c1-41-24-13-18(26(32)27(33)28(24)42-16-25(39)36-21-10-8-20(34)9-11-21)15-35-38-29(17-5-3-2-4-6-17)37-23-12-7-19(31)14-22(23)30(38)40/h7-15,17H,2-6,16H2,1H3,(H,36,39). The first-order valence-corrected chi connectivity index (χ1v) is 15.2. The van der Waals surface area contributed by atoms with Gasteiger partial charge < -0.3 is 14.8 Å². The minimum atomic E-state index is -0.466. The maximum absolute atomic E-state index is 13.6. The molecule has 5 rings (SSSR count). The lowest BCUT2D eigenvalue weighted by molar-refractivity contribution is -0.118. The number of nitrogens with one attached hydrogen (secondary N) is 1. The van der Waals surface area contributed by atoms with Gasteiger partial charge in [0.25, 0.3) is 11.5 Å². The van der Waals surface area contributed by atoms with Gasteiger partial charge in [-0.3, -0.25) is 9.59 Å². The number of rotatable bonds is 8. The monoisotopic (exact) mass is 718 g/mol. The van der Waals surface area contributed by atoms with E-state index in [1.807, 2.05) is 12.1 Å². The Balaban J connectivity index is 1.45. The van der Waals surface area contributed by atoms with E-state index in [1.54, 1.807) is 12.1 Å². The minimum absolute atomic E-state index is 0.120. The predicted molar refractivity (Wildman–Crippen MR) is 169 cm³/mol. The second-order valence-electron chi connectivity index (χ2n) is 9.80. The smallest absolute Gasteiger partial charge is 0.282 e. The molecule has 0 bridgehead atoms. The molecule has 1 aromatic heterocycles. The molecule has 0 atom stereocenters. The van der Waals surface area contributed by atoms with Crippen LogP contribution in [0.3, 0.4) is 0 Å². The molecule has 1 fully saturated rings. The maximum Gasteiger partial charge on any atom is 0.282 e. The Labute approximate surface area is 263 Å². The number of nitrogens with zero attached hydrogens (tertiary/aromatic N) is 3. The molecule has 4 aromatic rings. The number of halogens is 4. The summed E-state index contributed by atoms with van der Waals surface area (Å²) in [6, 6.07) is 12.5. The number of anilines is 1. The summed E-state index contributed by atoms with van der Waals surface area (Å²) >= 11 is 13.6. The SMILES string of the molecule is COc1cc(C=Nn2c(C3CCCCC3)nc3ccc(Br)cc3c2=O)c(Br)c(Cl)c1OCC(=O)Nc1ccc(F)cc1. The highest BCUT2D eigenvalue weighted by Crippen LogP contribution is 2.42. The van der Waals surface area contributed by atoms with Gasteiger partial charge in [0.2, 0.25) is 0 Å². The maximum atomic E-state index is 13.6. The zero-order chi connectivity index (χ0) is 29.8. The third kappa shape index (κ3) is 6.68. The molecule has 8 nitrogen and oxygen atoms in total. The van der Waals surface area contributed by atoms with Crippen molar-refractivity contribution in [1.29, 1.82) is 0 Å². The number of hydrogen-bond acceptors (Lipinski definition) is 6. The Morgan fingerprint density at radius 3 is 2.62 bits per heavy atom. The van der Waals surface area contributed by atoms with E-state index in [9.17, 15) is 14.0 Å². The second kappa shape index (κ2) is 13.4. The molecule has 218 valence electrons. The number of benzene rings is 3. The third-order valence-electron chi connectivity index (χ3n) is 6.97. The largest absolute Gasteiger partial charge is 0.493 e. The normalized spacial score (nSPS) is 13.9. The van der Waals surface area contributed by atoms with Gasteiger partial charge in [-0.05, 0) is 77.3 Å². The number of ether oxygens (including phenoxy) is 2. The lowest BCUT2D eigenvalue weighted by Gasteiger charge is -2.22. The van der Waals surface area contributed by atoms with Crippen molar-refractivity contribution in [2.24, 2.45) is 5.10 Å². The molecular formula is C30H26Br2ClFN4O4. The van der Waals surface area contributed by atoms with E-state index in [0.29, 0.717) is 32.5 Å². The van der Waals surface area contributed by atoms with E-state index in [-0.39, 0.29) is 34.6 Å². The van der Waals surface area contributed by atoms with Gasteiger partial charge in [0, 0.05) is 26.1 Å². The molecule has 12 heteroatoms. The molecular weight excluding hydrogens is 695 g/mol. The van der Waals surface area contributed by atoms with Crippen LogP contribution in [0.25, 0.3) is 10.9 Å². The fraction of sp³-hybridized carbons (Fsp3) is 0.267. The third-order valence-corrected chi connectivity index (χ3v) is 8.90. The number of hydrogen-bond donors (Lipinski definition) is 1. The lowest BCUT2D eigenvalue weighted by Crippen LogP contribution is -2.25. The molecule has 0 unspecified atom stereocenters. The van der Waals surface area contributed by atoms with Gasteiger partial charge >= 0.3 is 0 Å². The summed E-state index contributed by atoms with van der Waals surface area (Å²) in [6.07, 6.45) is 6.71. The molecule has 1 aliphatic rings. The first-order chi connectivity index (χ1) is 20.2. The molecule has 1 N–H and O–H groups in total. The summed E-state index contributed by atoms with van der Waals surface area (Å²) in [6.45, 7) is -0.369. The summed E-state index contributed by atoms with van der Waals surface area (Å²) < 4.78 is 26.9. The van der Waals surface area contributed by atoms with Crippen LogP contribution in [0.15, 0.2) is 67.4 Å². The quantitative estimate of drug-likeness (QED) is 0.189. The number of carbonyl (C=O) groups excluding carboxylic acids is 1. The highest BCUT2D eigenvalue weighted by molar-refractivity contribution is 9.10. The minimum Gasteiger partial charge on any atom is -0.493 e. The van der Waals surface area contributed by atoms with Crippen LogP contribution < -0.4 is 20.3 Å². The van der Waals surface area contributed by atoms with Crippen LogP contribution in [0.2, 0.25) is 5.02 Å². The average molecular weight is 721 g/mol. The van der Waals surface area contributed by atoms with E-state index in [0.717, 1.165) is 36.6 Å². The van der Waals surface area contributed by atoms with Crippen LogP contribution in [0.1, 0.15) is 49.4 Å². The molecule has 1 aliphatic carbocycles. The van der Waals surface area contributed by atoms with Gasteiger partial charge in [-0.15, -0.1) is 0 Å². The first-order valence-electron chi connectivity index (χ1n) is 13.3. The van der Waals surface area contributed by atoms with Crippen LogP contribution in [0.4, 0.5) is 10.1 Å². The van der Waals surface area contributed by atoms with Gasteiger partial charge in [-0.2, -0.15) is 9.78 Å². The topological polar surface area (TPSA) is 94.8 Å². The Morgan fingerprint density at radius 2 is 1.90 bits per heavy atom. The van der Waals surface area contributed by atoms with E-state index < -0.39 is 11.7 Å². The lowest BCUT2D eigenvalue weighted by atomic mass is 9.88. The number of methoxy groups -OCH3 is 1. The van der Waals surface area contributed by atoms with Crippen molar-refractivity contribution in [3.05, 3.63) is 90.1 Å². The van der Waals surface area contributed by atoms with E-state index in [2.05, 4.69) is 42.3 Å². The summed E-state index contributed by atoms with van der Waals surface area (Å²) in [5.74, 6) is 0.289. The van der Waals surface area contributed by atoms with Crippen LogP contribution in [-0.2, 0) is 4.79 Å². The van der Waals surface area contributed by atoms with E-state index in [1.165, 1.54) is 42.3 Å². The Kier molecular flexibility index (Phi) is 9.60. The van der Waals surface area contributed by atoms with Crippen LogP contribution in [-0.4, -0.2) is 35.5 Å². The molecule has 1 amide bonds. The molecule has 42 heavy (non-hydrogen) atoms. The van der Waals surface area contributed by atoms with Gasteiger partial charge in [-0.25, -0.2) is 9.37 Å². The van der Waals surface area contributed by atoms with Gasteiger partial charge in [0.15, 0.2) is 18.1 Å². The average Bonchev–Trinajstić information content (AvgIpc) is 2.99. The van der Waals surface area contributed by atoms with Gasteiger partial charge in [0.1, 0.15) is 16.7 Å². The fourth-order valence-corrected chi connectivity index (χ4v) is 5.89.